The van der Waals surface area contributed by atoms with E-state index in [9.17, 15) is 33.2 Å². The Balaban J connectivity index is 2.95. The van der Waals surface area contributed by atoms with Gasteiger partial charge < -0.3 is 10.4 Å². The molecule has 0 aliphatic rings. The molecule has 0 saturated carbocycles. The van der Waals surface area contributed by atoms with Crippen molar-refractivity contribution < 1.29 is 28.0 Å². The van der Waals surface area contributed by atoms with Gasteiger partial charge in [0.05, 0.1) is 16.7 Å². The first-order valence-electron chi connectivity index (χ1n) is 4.61. The molecule has 0 spiro atoms. The van der Waals surface area contributed by atoms with Crippen LogP contribution in [-0.2, 0) is 4.79 Å². The number of phenols is 1. The molecule has 0 radical (unpaired) electrons. The van der Waals surface area contributed by atoms with E-state index in [-0.39, 0.29) is 0 Å². The molecular formula is C9H6ClF3N2O4. The highest BCUT2D eigenvalue weighted by Gasteiger charge is 2.47. The molecule has 1 unspecified atom stereocenters. The van der Waals surface area contributed by atoms with Gasteiger partial charge >= 0.3 is 5.92 Å². The zero-order chi connectivity index (χ0) is 14.8. The van der Waals surface area contributed by atoms with Crippen molar-refractivity contribution in [2.75, 3.05) is 5.32 Å². The average molecular weight is 299 g/mol. The van der Waals surface area contributed by atoms with Crippen molar-refractivity contribution in [3.63, 3.8) is 0 Å². The molecule has 2 N–H and O–H groups in total. The predicted octanol–water partition coefficient (Wildman–Crippen LogP) is 2.41. The van der Waals surface area contributed by atoms with E-state index < -0.39 is 39.5 Å². The van der Waals surface area contributed by atoms with Gasteiger partial charge in [-0.1, -0.05) is 11.6 Å². The minimum atomic E-state index is -4.50. The van der Waals surface area contributed by atoms with Crippen LogP contribution in [0, 0.1) is 10.1 Å². The van der Waals surface area contributed by atoms with Crippen LogP contribution in [0.4, 0.5) is 24.5 Å². The summed E-state index contributed by atoms with van der Waals surface area (Å²) in [5.74, 6) is -7.40. The molecule has 1 amide bonds. The number of nitrogens with zero attached hydrogens (tertiary/aromatic N) is 1. The molecule has 0 aliphatic carbocycles. The molecule has 1 atom stereocenters. The van der Waals surface area contributed by atoms with Crippen LogP contribution in [0.5, 0.6) is 5.75 Å². The van der Waals surface area contributed by atoms with Crippen molar-refractivity contribution in [3.8, 4) is 5.75 Å². The summed E-state index contributed by atoms with van der Waals surface area (Å²) in [4.78, 5) is 20.5. The summed E-state index contributed by atoms with van der Waals surface area (Å²) >= 11 is 4.51. The minimum Gasteiger partial charge on any atom is -0.506 e. The third-order valence-corrected chi connectivity index (χ3v) is 2.29. The number of carbonyl (C=O) groups is 1. The quantitative estimate of drug-likeness (QED) is 0.386. The lowest BCUT2D eigenvalue weighted by Gasteiger charge is -2.16. The summed E-state index contributed by atoms with van der Waals surface area (Å²) in [6.07, 6.45) is 0. The Morgan fingerprint density at radius 2 is 2.11 bits per heavy atom. The maximum atomic E-state index is 12.9. The number of anilines is 1. The van der Waals surface area contributed by atoms with Gasteiger partial charge in [0.2, 0.25) is 5.63 Å². The number of halogens is 4. The van der Waals surface area contributed by atoms with E-state index in [1.807, 2.05) is 0 Å². The highest BCUT2D eigenvalue weighted by Crippen LogP contribution is 2.31. The fraction of sp³-hybridized carbons (Fsp3) is 0.222. The van der Waals surface area contributed by atoms with Crippen LogP contribution in [0.2, 0.25) is 0 Å². The molecule has 10 heteroatoms. The van der Waals surface area contributed by atoms with Gasteiger partial charge in [-0.05, 0) is 6.07 Å². The van der Waals surface area contributed by atoms with Crippen LogP contribution < -0.4 is 5.32 Å². The Bertz CT molecular complexity index is 524. The number of benzene rings is 1. The van der Waals surface area contributed by atoms with E-state index in [0.717, 1.165) is 12.1 Å². The summed E-state index contributed by atoms with van der Waals surface area (Å²) in [6, 6.07) is 2.32. The van der Waals surface area contributed by atoms with Crippen molar-refractivity contribution in [1.29, 1.82) is 0 Å². The van der Waals surface area contributed by atoms with Crippen molar-refractivity contribution in [3.05, 3.63) is 28.3 Å². The van der Waals surface area contributed by atoms with Crippen molar-refractivity contribution >= 4 is 28.9 Å². The van der Waals surface area contributed by atoms with Crippen LogP contribution in [0.1, 0.15) is 0 Å². The first kappa shape index (κ1) is 15.0. The van der Waals surface area contributed by atoms with Gasteiger partial charge in [-0.3, -0.25) is 14.9 Å². The number of alkyl halides is 4. The number of hydrogen-bond acceptors (Lipinski definition) is 4. The van der Waals surface area contributed by atoms with Gasteiger partial charge in [0.1, 0.15) is 5.75 Å². The first-order chi connectivity index (χ1) is 8.66. The SMILES string of the molecule is O=C(Nc1ccc([N+](=O)[O-])cc1O)C(F)(F)C(F)Cl. The average Bonchev–Trinajstić information content (AvgIpc) is 2.30. The van der Waals surface area contributed by atoms with Crippen LogP contribution >= 0.6 is 11.6 Å². The van der Waals surface area contributed by atoms with E-state index in [1.165, 1.54) is 5.32 Å². The normalized spacial score (nSPS) is 12.8. The fourth-order valence-electron chi connectivity index (χ4n) is 1.04. The largest absolute Gasteiger partial charge is 0.506 e. The van der Waals surface area contributed by atoms with Crippen LogP contribution in [0.3, 0.4) is 0 Å². The number of hydrogen-bond donors (Lipinski definition) is 2. The highest BCUT2D eigenvalue weighted by atomic mass is 35.5. The molecule has 1 aromatic rings. The molecule has 1 rings (SSSR count). The number of non-ortho nitro benzene ring substituents is 1. The Hall–Kier alpha value is -2.03. The van der Waals surface area contributed by atoms with Crippen molar-refractivity contribution in [2.24, 2.45) is 0 Å². The lowest BCUT2D eigenvalue weighted by Crippen LogP contribution is -2.40. The van der Waals surface area contributed by atoms with E-state index in [2.05, 4.69) is 11.6 Å². The lowest BCUT2D eigenvalue weighted by molar-refractivity contribution is -0.384. The van der Waals surface area contributed by atoms with Crippen LogP contribution in [0.25, 0.3) is 0 Å². The second-order valence-electron chi connectivity index (χ2n) is 3.34. The molecule has 104 valence electrons. The number of nitro groups is 1. The van der Waals surface area contributed by atoms with Crippen LogP contribution in [0.15, 0.2) is 18.2 Å². The Morgan fingerprint density at radius 1 is 1.53 bits per heavy atom. The third kappa shape index (κ3) is 3.25. The molecule has 0 aromatic heterocycles. The van der Waals surface area contributed by atoms with Gasteiger partial charge in [-0.15, -0.1) is 0 Å². The summed E-state index contributed by atoms with van der Waals surface area (Å²) in [5.41, 5.74) is -4.29. The molecular weight excluding hydrogens is 293 g/mol. The van der Waals surface area contributed by atoms with Gasteiger partial charge in [0.25, 0.3) is 11.6 Å². The zero-order valence-electron chi connectivity index (χ0n) is 8.94. The summed E-state index contributed by atoms with van der Waals surface area (Å²) < 4.78 is 38.0. The van der Waals surface area contributed by atoms with Crippen molar-refractivity contribution in [1.82, 2.24) is 0 Å². The van der Waals surface area contributed by atoms with Crippen molar-refractivity contribution in [2.45, 2.75) is 11.6 Å². The standard InChI is InChI=1S/C9H6ClF3N2O4/c10-7(11)9(12,13)8(17)14-5-2-1-4(15(18)19)3-6(5)16/h1-3,7,16H,(H,14,17). The van der Waals surface area contributed by atoms with Gasteiger partial charge in [-0.2, -0.15) is 8.78 Å². The topological polar surface area (TPSA) is 92.5 Å². The zero-order valence-corrected chi connectivity index (χ0v) is 9.70. The van der Waals surface area contributed by atoms with Gasteiger partial charge in [0.15, 0.2) is 0 Å². The molecule has 0 fully saturated rings. The van der Waals surface area contributed by atoms with Gasteiger partial charge in [-0.25, -0.2) is 4.39 Å². The second kappa shape index (κ2) is 5.31. The third-order valence-electron chi connectivity index (χ3n) is 2.02. The summed E-state index contributed by atoms with van der Waals surface area (Å²) in [6.45, 7) is 0. The Labute approximate surface area is 108 Å². The fourth-order valence-corrected chi connectivity index (χ4v) is 1.14. The molecule has 0 bridgehead atoms. The maximum Gasteiger partial charge on any atom is 0.368 e. The molecule has 6 nitrogen and oxygen atoms in total. The first-order valence-corrected chi connectivity index (χ1v) is 5.04. The minimum absolute atomic E-state index is 0.511. The number of carbonyl (C=O) groups excluding carboxylic acids is 1. The summed E-state index contributed by atoms with van der Waals surface area (Å²) in [7, 11) is 0. The van der Waals surface area contributed by atoms with Gasteiger partial charge in [0, 0.05) is 6.07 Å². The number of phenolic OH excluding ortho intramolecular Hbond substituents is 1. The second-order valence-corrected chi connectivity index (χ2v) is 3.72. The molecule has 19 heavy (non-hydrogen) atoms. The van der Waals surface area contributed by atoms with E-state index in [4.69, 9.17) is 0 Å². The molecule has 0 aliphatic heterocycles. The van der Waals surface area contributed by atoms with E-state index >= 15 is 0 Å². The maximum absolute atomic E-state index is 12.9. The molecule has 0 saturated heterocycles. The highest BCUT2D eigenvalue weighted by molar-refractivity contribution is 6.22. The number of nitrogens with one attached hydrogen (secondary N) is 1. The number of rotatable bonds is 4. The predicted molar refractivity (Wildman–Crippen MR) is 59.1 cm³/mol. The summed E-state index contributed by atoms with van der Waals surface area (Å²) in [5, 5.41) is 21.2. The van der Waals surface area contributed by atoms with Crippen LogP contribution in [-0.4, -0.2) is 27.5 Å². The smallest absolute Gasteiger partial charge is 0.368 e. The van der Waals surface area contributed by atoms with E-state index in [0.29, 0.717) is 6.07 Å². The molecule has 0 heterocycles. The monoisotopic (exact) mass is 298 g/mol. The number of amides is 1. The Morgan fingerprint density at radius 3 is 2.53 bits per heavy atom. The van der Waals surface area contributed by atoms with E-state index in [1.54, 1.807) is 0 Å². The lowest BCUT2D eigenvalue weighted by atomic mass is 10.2. The Kier molecular flexibility index (Phi) is 4.20. The molecule has 1 aromatic carbocycles. The number of nitro benzene ring substituents is 1. The number of aromatic hydroxyl groups is 1.